The Kier molecular flexibility index (Phi) is 3.60. The molecule has 0 amide bonds. The summed E-state index contributed by atoms with van der Waals surface area (Å²) >= 11 is 0. The number of aliphatic hydroxyl groups excluding tert-OH is 3. The molecule has 1 saturated heterocycles. The van der Waals surface area contributed by atoms with Crippen molar-refractivity contribution in [2.24, 2.45) is 0 Å². The zero-order valence-electron chi connectivity index (χ0n) is 7.45. The highest BCUT2D eigenvalue weighted by molar-refractivity contribution is 4.85. The molecule has 0 aromatic carbocycles. The van der Waals surface area contributed by atoms with Gasteiger partial charge in [0.2, 0.25) is 0 Å². The SMILES string of the molecule is COC1O[C@H](OC)[C@H](O)C(O)[C@H]1O. The van der Waals surface area contributed by atoms with Gasteiger partial charge >= 0.3 is 0 Å². The average Bonchev–Trinajstić information content (AvgIpc) is 2.15. The Labute approximate surface area is 75.6 Å². The van der Waals surface area contributed by atoms with Crippen LogP contribution < -0.4 is 0 Å². The smallest absolute Gasteiger partial charge is 0.188 e. The van der Waals surface area contributed by atoms with E-state index in [1.54, 1.807) is 0 Å². The topological polar surface area (TPSA) is 88.4 Å². The van der Waals surface area contributed by atoms with Crippen LogP contribution in [0.5, 0.6) is 0 Å². The molecule has 0 bridgehead atoms. The van der Waals surface area contributed by atoms with Crippen molar-refractivity contribution < 1.29 is 29.5 Å². The Hall–Kier alpha value is -0.240. The summed E-state index contributed by atoms with van der Waals surface area (Å²) in [5, 5.41) is 27.9. The molecule has 78 valence electrons. The Morgan fingerprint density at radius 3 is 1.54 bits per heavy atom. The van der Waals surface area contributed by atoms with Gasteiger partial charge in [0.25, 0.3) is 0 Å². The molecule has 6 heteroatoms. The molecule has 0 aliphatic carbocycles. The van der Waals surface area contributed by atoms with Gasteiger partial charge < -0.3 is 29.5 Å². The summed E-state index contributed by atoms with van der Waals surface area (Å²) in [5.41, 5.74) is 0. The van der Waals surface area contributed by atoms with Crippen molar-refractivity contribution in [1.29, 1.82) is 0 Å². The van der Waals surface area contributed by atoms with E-state index in [0.717, 1.165) is 0 Å². The van der Waals surface area contributed by atoms with Crippen LogP contribution in [0.15, 0.2) is 0 Å². The van der Waals surface area contributed by atoms with Crippen LogP contribution in [-0.4, -0.2) is 60.4 Å². The normalized spacial score (nSPS) is 46.4. The van der Waals surface area contributed by atoms with E-state index in [4.69, 9.17) is 14.2 Å². The first-order valence-electron chi connectivity index (χ1n) is 3.87. The second-order valence-electron chi connectivity index (χ2n) is 2.82. The number of hydrogen-bond acceptors (Lipinski definition) is 6. The molecule has 0 aromatic heterocycles. The third kappa shape index (κ3) is 1.98. The highest BCUT2D eigenvalue weighted by Gasteiger charge is 2.44. The van der Waals surface area contributed by atoms with Gasteiger partial charge in [0.1, 0.15) is 18.3 Å². The van der Waals surface area contributed by atoms with E-state index in [0.29, 0.717) is 0 Å². The second-order valence-corrected chi connectivity index (χ2v) is 2.82. The number of hydrogen-bond donors (Lipinski definition) is 3. The predicted octanol–water partition coefficient (Wildman–Crippen LogP) is -1.96. The van der Waals surface area contributed by atoms with Crippen LogP contribution in [0.2, 0.25) is 0 Å². The molecule has 13 heavy (non-hydrogen) atoms. The summed E-state index contributed by atoms with van der Waals surface area (Å²) in [6, 6.07) is 0. The van der Waals surface area contributed by atoms with Crippen LogP contribution in [0.1, 0.15) is 0 Å². The molecule has 1 fully saturated rings. The minimum Gasteiger partial charge on any atom is -0.387 e. The quantitative estimate of drug-likeness (QED) is 0.473. The molecule has 3 N–H and O–H groups in total. The van der Waals surface area contributed by atoms with Gasteiger partial charge in [-0.05, 0) is 0 Å². The molecular formula is C7H14O6. The third-order valence-electron chi connectivity index (χ3n) is 1.99. The standard InChI is InChI=1S/C7H14O6/c1-11-6-4(9)3(8)5(10)7(12-2)13-6/h3-10H,1-2H3/t3?,4-,5-,6+,7?/m1/s1. The summed E-state index contributed by atoms with van der Waals surface area (Å²) in [6.45, 7) is 0. The molecule has 0 aromatic rings. The van der Waals surface area contributed by atoms with Crippen LogP contribution in [-0.2, 0) is 14.2 Å². The summed E-state index contributed by atoms with van der Waals surface area (Å²) in [7, 11) is 2.65. The van der Waals surface area contributed by atoms with Crippen molar-refractivity contribution in [3.8, 4) is 0 Å². The molecule has 1 aliphatic rings. The van der Waals surface area contributed by atoms with Crippen molar-refractivity contribution in [2.45, 2.75) is 30.9 Å². The minimum atomic E-state index is -1.33. The second kappa shape index (κ2) is 4.32. The molecule has 0 radical (unpaired) electrons. The fourth-order valence-corrected chi connectivity index (χ4v) is 1.21. The van der Waals surface area contributed by atoms with Gasteiger partial charge in [0.05, 0.1) is 0 Å². The lowest BCUT2D eigenvalue weighted by molar-refractivity contribution is -0.340. The monoisotopic (exact) mass is 194 g/mol. The maximum Gasteiger partial charge on any atom is 0.188 e. The summed E-state index contributed by atoms with van der Waals surface area (Å²) in [5.74, 6) is 0. The molecule has 6 nitrogen and oxygen atoms in total. The van der Waals surface area contributed by atoms with Gasteiger partial charge in [-0.15, -0.1) is 0 Å². The predicted molar refractivity (Wildman–Crippen MR) is 40.7 cm³/mol. The Bertz CT molecular complexity index is 143. The first kappa shape index (κ1) is 10.8. The fraction of sp³-hybridized carbons (Fsp3) is 1.00. The van der Waals surface area contributed by atoms with E-state index in [1.165, 1.54) is 14.2 Å². The van der Waals surface area contributed by atoms with E-state index >= 15 is 0 Å². The molecule has 5 atom stereocenters. The van der Waals surface area contributed by atoms with Crippen molar-refractivity contribution in [3.05, 3.63) is 0 Å². The van der Waals surface area contributed by atoms with E-state index < -0.39 is 30.9 Å². The van der Waals surface area contributed by atoms with E-state index in [9.17, 15) is 15.3 Å². The van der Waals surface area contributed by atoms with Crippen LogP contribution in [0.25, 0.3) is 0 Å². The molecule has 1 heterocycles. The van der Waals surface area contributed by atoms with Gasteiger partial charge in [-0.2, -0.15) is 0 Å². The molecule has 2 unspecified atom stereocenters. The number of rotatable bonds is 2. The highest BCUT2D eigenvalue weighted by atomic mass is 16.8. The van der Waals surface area contributed by atoms with Gasteiger partial charge in [0, 0.05) is 14.2 Å². The molecule has 0 spiro atoms. The first-order chi connectivity index (χ1) is 6.11. The van der Waals surface area contributed by atoms with Crippen LogP contribution in [0.3, 0.4) is 0 Å². The minimum absolute atomic E-state index is 0.983. The van der Waals surface area contributed by atoms with Gasteiger partial charge in [0.15, 0.2) is 12.6 Å². The van der Waals surface area contributed by atoms with E-state index in [1.807, 2.05) is 0 Å². The highest BCUT2D eigenvalue weighted by Crippen LogP contribution is 2.21. The Morgan fingerprint density at radius 2 is 1.23 bits per heavy atom. The number of aliphatic hydroxyl groups is 3. The van der Waals surface area contributed by atoms with Crippen molar-refractivity contribution in [2.75, 3.05) is 14.2 Å². The summed E-state index contributed by atoms with van der Waals surface area (Å²) in [6.07, 6.45) is -5.84. The lowest BCUT2D eigenvalue weighted by Gasteiger charge is -2.38. The van der Waals surface area contributed by atoms with E-state index in [-0.39, 0.29) is 0 Å². The average molecular weight is 194 g/mol. The number of ether oxygens (including phenoxy) is 3. The van der Waals surface area contributed by atoms with Crippen molar-refractivity contribution in [1.82, 2.24) is 0 Å². The molecule has 1 aliphatic heterocycles. The maximum atomic E-state index is 9.31. The molecule has 1 rings (SSSR count). The molecule has 0 saturated carbocycles. The summed E-state index contributed by atoms with van der Waals surface area (Å²) < 4.78 is 14.4. The fourth-order valence-electron chi connectivity index (χ4n) is 1.21. The Balaban J connectivity index is 2.66. The lowest BCUT2D eigenvalue weighted by Crippen LogP contribution is -2.58. The maximum absolute atomic E-state index is 9.31. The third-order valence-corrected chi connectivity index (χ3v) is 1.99. The molecular weight excluding hydrogens is 180 g/mol. The van der Waals surface area contributed by atoms with E-state index in [2.05, 4.69) is 0 Å². The zero-order valence-corrected chi connectivity index (χ0v) is 7.45. The summed E-state index contributed by atoms with van der Waals surface area (Å²) in [4.78, 5) is 0. The van der Waals surface area contributed by atoms with Gasteiger partial charge in [-0.25, -0.2) is 0 Å². The van der Waals surface area contributed by atoms with Gasteiger partial charge in [-0.3, -0.25) is 0 Å². The number of methoxy groups -OCH3 is 2. The van der Waals surface area contributed by atoms with Crippen molar-refractivity contribution >= 4 is 0 Å². The van der Waals surface area contributed by atoms with Crippen molar-refractivity contribution in [3.63, 3.8) is 0 Å². The Morgan fingerprint density at radius 1 is 0.846 bits per heavy atom. The van der Waals surface area contributed by atoms with Gasteiger partial charge in [-0.1, -0.05) is 0 Å². The first-order valence-corrected chi connectivity index (χ1v) is 3.87. The van der Waals surface area contributed by atoms with Crippen LogP contribution in [0, 0.1) is 0 Å². The van der Waals surface area contributed by atoms with Crippen LogP contribution in [0.4, 0.5) is 0 Å². The lowest BCUT2D eigenvalue weighted by atomic mass is 10.0. The zero-order chi connectivity index (χ0) is 10.0. The van der Waals surface area contributed by atoms with Crippen LogP contribution >= 0.6 is 0 Å². The largest absolute Gasteiger partial charge is 0.387 e.